The Hall–Kier alpha value is -2.38. The summed E-state index contributed by atoms with van der Waals surface area (Å²) < 4.78 is 34.4. The molecule has 2 aromatic rings. The lowest BCUT2D eigenvalue weighted by Gasteiger charge is -2.13. The Morgan fingerprint density at radius 2 is 1.88 bits per heavy atom. The number of benzene rings is 2. The fourth-order valence-electron chi connectivity index (χ4n) is 2.26. The third-order valence-corrected chi connectivity index (χ3v) is 3.47. The van der Waals surface area contributed by atoms with Gasteiger partial charge in [-0.2, -0.15) is 8.78 Å². The quantitative estimate of drug-likeness (QED) is 0.717. The number of methoxy groups -OCH3 is 1. The highest BCUT2D eigenvalue weighted by atomic mass is 35.5. The molecule has 8 heteroatoms. The normalized spacial score (nSPS) is 10.2. The first-order valence-corrected chi connectivity index (χ1v) is 7.78. The summed E-state index contributed by atoms with van der Waals surface area (Å²) in [7, 11) is 1.34. The topological polar surface area (TPSA) is 59.6 Å². The van der Waals surface area contributed by atoms with Crippen LogP contribution in [0.5, 0.6) is 11.5 Å². The van der Waals surface area contributed by atoms with Crippen LogP contribution >= 0.6 is 12.4 Å². The Kier molecular flexibility index (Phi) is 8.81. The van der Waals surface area contributed by atoms with Crippen molar-refractivity contribution in [2.24, 2.45) is 0 Å². The molecule has 0 aliphatic rings. The monoisotopic (exact) mass is 386 g/mol. The second-order valence-electron chi connectivity index (χ2n) is 5.14. The number of carbonyl (C=O) groups excluding carboxylic acids is 1. The van der Waals surface area contributed by atoms with E-state index in [-0.39, 0.29) is 29.5 Å². The maximum absolute atomic E-state index is 12.5. The average Bonchev–Trinajstić information content (AvgIpc) is 2.60. The van der Waals surface area contributed by atoms with Gasteiger partial charge in [-0.1, -0.05) is 25.1 Å². The molecule has 0 aromatic heterocycles. The van der Waals surface area contributed by atoms with Crippen LogP contribution in [0.2, 0.25) is 0 Å². The number of hydrogen-bond acceptors (Lipinski definition) is 4. The molecule has 0 radical (unpaired) electrons. The van der Waals surface area contributed by atoms with E-state index >= 15 is 0 Å². The van der Waals surface area contributed by atoms with E-state index in [4.69, 9.17) is 4.74 Å². The molecule has 0 spiro atoms. The van der Waals surface area contributed by atoms with Crippen molar-refractivity contribution in [3.63, 3.8) is 0 Å². The Morgan fingerprint density at radius 1 is 1.15 bits per heavy atom. The van der Waals surface area contributed by atoms with Crippen LogP contribution in [0.15, 0.2) is 42.5 Å². The fraction of sp³-hybridized carbons (Fsp3) is 0.278. The standard InChI is InChI=1S/C18H20F2N2O3.ClH/c1-3-21-11-13-6-4-5-7-14(13)22-17(23)12-8-9-15(24-2)16(10-12)25-18(19)20;/h4-10,18,21H,3,11H2,1-2H3,(H,22,23);1H. The molecule has 0 heterocycles. The van der Waals surface area contributed by atoms with Crippen LogP contribution < -0.4 is 20.1 Å². The van der Waals surface area contributed by atoms with Crippen LogP contribution in [-0.2, 0) is 6.54 Å². The molecule has 0 saturated carbocycles. The lowest BCUT2D eigenvalue weighted by molar-refractivity contribution is -0.0512. The molecular weight excluding hydrogens is 366 g/mol. The summed E-state index contributed by atoms with van der Waals surface area (Å²) >= 11 is 0. The van der Waals surface area contributed by atoms with Gasteiger partial charge < -0.3 is 20.1 Å². The summed E-state index contributed by atoms with van der Waals surface area (Å²) in [5.41, 5.74) is 1.77. The second-order valence-corrected chi connectivity index (χ2v) is 5.14. The van der Waals surface area contributed by atoms with Crippen molar-refractivity contribution in [2.75, 3.05) is 19.0 Å². The van der Waals surface area contributed by atoms with E-state index < -0.39 is 12.5 Å². The summed E-state index contributed by atoms with van der Waals surface area (Å²) in [6, 6.07) is 11.5. The SMILES string of the molecule is CCNCc1ccccc1NC(=O)c1ccc(OC)c(OC(F)F)c1.Cl. The number of anilines is 1. The second kappa shape index (κ2) is 10.6. The summed E-state index contributed by atoms with van der Waals surface area (Å²) in [5, 5.41) is 5.98. The van der Waals surface area contributed by atoms with E-state index in [9.17, 15) is 13.6 Å². The maximum Gasteiger partial charge on any atom is 0.387 e. The summed E-state index contributed by atoms with van der Waals surface area (Å²) in [6.07, 6.45) is 0. The number of alkyl halides is 2. The molecule has 0 aliphatic carbocycles. The zero-order chi connectivity index (χ0) is 18.2. The molecule has 5 nitrogen and oxygen atoms in total. The van der Waals surface area contributed by atoms with E-state index in [1.54, 1.807) is 6.07 Å². The minimum absolute atomic E-state index is 0. The van der Waals surface area contributed by atoms with Crippen molar-refractivity contribution in [1.82, 2.24) is 5.32 Å². The van der Waals surface area contributed by atoms with Gasteiger partial charge >= 0.3 is 6.61 Å². The van der Waals surface area contributed by atoms with Gasteiger partial charge in [-0.3, -0.25) is 4.79 Å². The molecule has 142 valence electrons. The highest BCUT2D eigenvalue weighted by Crippen LogP contribution is 2.30. The molecule has 0 unspecified atom stereocenters. The van der Waals surface area contributed by atoms with Gasteiger partial charge in [-0.25, -0.2) is 0 Å². The Balaban J connectivity index is 0.00000338. The number of amides is 1. The molecule has 0 bridgehead atoms. The van der Waals surface area contributed by atoms with Gasteiger partial charge in [0, 0.05) is 17.8 Å². The van der Waals surface area contributed by atoms with Crippen molar-refractivity contribution in [3.8, 4) is 11.5 Å². The van der Waals surface area contributed by atoms with Gasteiger partial charge in [0.2, 0.25) is 0 Å². The van der Waals surface area contributed by atoms with Gasteiger partial charge in [0.25, 0.3) is 5.91 Å². The van der Waals surface area contributed by atoms with E-state index in [0.717, 1.165) is 12.1 Å². The van der Waals surface area contributed by atoms with Crippen LogP contribution in [0.1, 0.15) is 22.8 Å². The maximum atomic E-state index is 12.5. The van der Waals surface area contributed by atoms with Crippen LogP contribution in [0.25, 0.3) is 0 Å². The van der Waals surface area contributed by atoms with Crippen LogP contribution in [0, 0.1) is 0 Å². The minimum atomic E-state index is -3.01. The number of rotatable bonds is 8. The number of nitrogens with one attached hydrogen (secondary N) is 2. The van der Waals surface area contributed by atoms with Crippen LogP contribution in [0.3, 0.4) is 0 Å². The number of ether oxygens (including phenoxy) is 2. The van der Waals surface area contributed by atoms with E-state index in [2.05, 4.69) is 15.4 Å². The summed E-state index contributed by atoms with van der Waals surface area (Å²) in [6.45, 7) is 0.390. The molecule has 2 aromatic carbocycles. The highest BCUT2D eigenvalue weighted by molar-refractivity contribution is 6.05. The molecule has 0 atom stereocenters. The highest BCUT2D eigenvalue weighted by Gasteiger charge is 2.15. The zero-order valence-corrected chi connectivity index (χ0v) is 15.2. The first-order valence-electron chi connectivity index (χ1n) is 7.78. The van der Waals surface area contributed by atoms with Crippen molar-refractivity contribution >= 4 is 24.0 Å². The van der Waals surface area contributed by atoms with Gasteiger partial charge in [0.15, 0.2) is 11.5 Å². The Bertz CT molecular complexity index is 729. The Labute approximate surface area is 157 Å². The molecule has 0 saturated heterocycles. The van der Waals surface area contributed by atoms with Gasteiger partial charge in [0.1, 0.15) is 0 Å². The summed E-state index contributed by atoms with van der Waals surface area (Å²) in [4.78, 5) is 12.5. The van der Waals surface area contributed by atoms with Crippen molar-refractivity contribution in [3.05, 3.63) is 53.6 Å². The first kappa shape index (κ1) is 21.7. The summed E-state index contributed by atoms with van der Waals surface area (Å²) in [5.74, 6) is -0.485. The molecule has 26 heavy (non-hydrogen) atoms. The van der Waals surface area contributed by atoms with Gasteiger partial charge in [0.05, 0.1) is 7.11 Å². The molecule has 0 fully saturated rings. The zero-order valence-electron chi connectivity index (χ0n) is 14.4. The fourth-order valence-corrected chi connectivity index (χ4v) is 2.26. The molecule has 2 rings (SSSR count). The predicted octanol–water partition coefficient (Wildman–Crippen LogP) is 4.08. The lowest BCUT2D eigenvalue weighted by Crippen LogP contribution is -2.17. The smallest absolute Gasteiger partial charge is 0.387 e. The average molecular weight is 387 g/mol. The van der Waals surface area contributed by atoms with Crippen molar-refractivity contribution < 1.29 is 23.0 Å². The third-order valence-electron chi connectivity index (χ3n) is 3.47. The van der Waals surface area contributed by atoms with Crippen LogP contribution in [-0.4, -0.2) is 26.2 Å². The van der Waals surface area contributed by atoms with E-state index in [1.807, 2.05) is 25.1 Å². The number of hydrogen-bond donors (Lipinski definition) is 2. The van der Waals surface area contributed by atoms with Crippen molar-refractivity contribution in [2.45, 2.75) is 20.1 Å². The van der Waals surface area contributed by atoms with E-state index in [0.29, 0.717) is 12.2 Å². The van der Waals surface area contributed by atoms with Gasteiger partial charge in [-0.05, 0) is 36.4 Å². The van der Waals surface area contributed by atoms with Crippen LogP contribution in [0.4, 0.5) is 14.5 Å². The molecule has 1 amide bonds. The van der Waals surface area contributed by atoms with Gasteiger partial charge in [-0.15, -0.1) is 12.4 Å². The largest absolute Gasteiger partial charge is 0.493 e. The van der Waals surface area contributed by atoms with Crippen molar-refractivity contribution in [1.29, 1.82) is 0 Å². The minimum Gasteiger partial charge on any atom is -0.493 e. The lowest BCUT2D eigenvalue weighted by atomic mass is 10.1. The first-order chi connectivity index (χ1) is 12.0. The third kappa shape index (κ3) is 5.86. The Morgan fingerprint density at radius 3 is 2.54 bits per heavy atom. The molecule has 0 aliphatic heterocycles. The van der Waals surface area contributed by atoms with E-state index in [1.165, 1.54) is 25.3 Å². The predicted molar refractivity (Wildman–Crippen MR) is 98.6 cm³/mol. The number of para-hydroxylation sites is 1. The number of carbonyl (C=O) groups is 1. The number of halogens is 3. The molecule has 2 N–H and O–H groups in total. The molecular formula is C18H21ClF2N2O3.